The average Bonchev–Trinajstić information content (AvgIpc) is 2.88. The molecule has 0 saturated carbocycles. The van der Waals surface area contributed by atoms with E-state index in [1.165, 1.54) is 20.2 Å². The molecule has 3 rings (SSSR count). The molecule has 1 aliphatic heterocycles. The third-order valence-electron chi connectivity index (χ3n) is 5.25. The lowest BCUT2D eigenvalue weighted by atomic mass is 9.95. The van der Waals surface area contributed by atoms with Crippen LogP contribution in [0, 0.1) is 3.57 Å². The fourth-order valence-corrected chi connectivity index (χ4v) is 4.67. The number of amides is 1. The number of carbonyl (C=O) groups is 3. The largest absolute Gasteiger partial charge is 0.493 e. The monoisotopic (exact) mass is 666 g/mol. The molecular weight excluding hydrogens is 639 g/mol. The van der Waals surface area contributed by atoms with Crippen LogP contribution in [0.25, 0.3) is 0 Å². The fourth-order valence-electron chi connectivity index (χ4n) is 3.67. The van der Waals surface area contributed by atoms with Crippen LogP contribution in [0.1, 0.15) is 37.9 Å². The average molecular weight is 666 g/mol. The molecule has 1 atom stereocenters. The quantitative estimate of drug-likeness (QED) is 0.0867. The molecular formula is C26H27IN4O7S. The third-order valence-corrected chi connectivity index (χ3v) is 6.27. The van der Waals surface area contributed by atoms with Gasteiger partial charge in [-0.25, -0.2) is 10.2 Å². The number of thiocarbonyl (C=S) groups is 1. The predicted molar refractivity (Wildman–Crippen MR) is 156 cm³/mol. The number of methoxy groups -OCH3 is 1. The second-order valence-corrected chi connectivity index (χ2v) is 9.61. The Morgan fingerprint density at radius 3 is 2.64 bits per heavy atom. The number of rotatable bonds is 10. The van der Waals surface area contributed by atoms with E-state index in [9.17, 15) is 14.4 Å². The van der Waals surface area contributed by atoms with Crippen molar-refractivity contribution in [3.05, 3.63) is 62.4 Å². The van der Waals surface area contributed by atoms with Gasteiger partial charge in [-0.1, -0.05) is 18.2 Å². The molecule has 0 aromatic heterocycles. The van der Waals surface area contributed by atoms with Gasteiger partial charge in [0, 0.05) is 18.2 Å². The van der Waals surface area contributed by atoms with Gasteiger partial charge in [0.2, 0.25) is 0 Å². The van der Waals surface area contributed by atoms with Crippen molar-refractivity contribution >= 4 is 64.0 Å². The highest BCUT2D eigenvalue weighted by atomic mass is 127. The number of halogens is 1. The molecule has 11 nitrogen and oxygen atoms in total. The summed E-state index contributed by atoms with van der Waals surface area (Å²) in [6, 6.07) is 9.71. The maximum atomic E-state index is 12.7. The van der Waals surface area contributed by atoms with Crippen molar-refractivity contribution in [1.29, 1.82) is 0 Å². The number of hydrogen-bond acceptors (Lipinski definition) is 9. The molecule has 1 aliphatic rings. The molecule has 0 spiro atoms. The van der Waals surface area contributed by atoms with E-state index < -0.39 is 23.9 Å². The summed E-state index contributed by atoms with van der Waals surface area (Å²) >= 11 is 7.30. The Labute approximate surface area is 244 Å². The summed E-state index contributed by atoms with van der Waals surface area (Å²) in [4.78, 5) is 36.5. The van der Waals surface area contributed by atoms with E-state index in [-0.39, 0.29) is 13.2 Å². The highest BCUT2D eigenvalue weighted by Crippen LogP contribution is 2.34. The van der Waals surface area contributed by atoms with Gasteiger partial charge in [-0.3, -0.25) is 9.59 Å². The summed E-state index contributed by atoms with van der Waals surface area (Å²) in [6.07, 6.45) is 1.42. The molecule has 0 aliphatic carbocycles. The molecule has 39 heavy (non-hydrogen) atoms. The van der Waals surface area contributed by atoms with E-state index in [2.05, 4.69) is 21.2 Å². The Balaban J connectivity index is 1.70. The van der Waals surface area contributed by atoms with E-state index in [1.54, 1.807) is 50.2 Å². The number of nitrogens with zero attached hydrogens (tertiary/aromatic N) is 1. The first-order valence-corrected chi connectivity index (χ1v) is 13.2. The van der Waals surface area contributed by atoms with Gasteiger partial charge < -0.3 is 29.6 Å². The van der Waals surface area contributed by atoms with Crippen LogP contribution in [0.4, 0.5) is 0 Å². The van der Waals surface area contributed by atoms with E-state index in [1.807, 2.05) is 22.6 Å². The SMILES string of the molecule is CCOC(=O)C1=C(C)NC(=S)N[C@H]1c1ccccc1OCC(=O)NN=Cc1cc(I)c(OC(C)=O)c(OC)c1. The number of allylic oxidation sites excluding steroid dienone is 1. The van der Waals surface area contributed by atoms with Crippen molar-refractivity contribution in [3.8, 4) is 17.2 Å². The first-order chi connectivity index (χ1) is 18.6. The standard InChI is InChI=1S/C26H27IN4O7S/c1-5-36-25(34)22-14(2)29-26(39)30-23(22)17-8-6-7-9-19(17)37-13-21(33)31-28-12-16-10-18(27)24(38-15(3)32)20(11-16)35-4/h6-12,23H,5,13H2,1-4H3,(H,31,33)(H2,29,30,39)/t23-/m0/s1. The van der Waals surface area contributed by atoms with Gasteiger partial charge in [-0.2, -0.15) is 5.10 Å². The van der Waals surface area contributed by atoms with Crippen molar-refractivity contribution in [3.63, 3.8) is 0 Å². The van der Waals surface area contributed by atoms with Crippen LogP contribution >= 0.6 is 34.8 Å². The van der Waals surface area contributed by atoms with Crippen LogP contribution in [-0.4, -0.2) is 49.5 Å². The minimum absolute atomic E-state index is 0.216. The first kappa shape index (κ1) is 29.8. The van der Waals surface area contributed by atoms with Crippen LogP contribution in [-0.2, 0) is 19.1 Å². The lowest BCUT2D eigenvalue weighted by Gasteiger charge is -2.30. The van der Waals surface area contributed by atoms with E-state index in [0.717, 1.165) is 0 Å². The van der Waals surface area contributed by atoms with E-state index >= 15 is 0 Å². The van der Waals surface area contributed by atoms with E-state index in [4.69, 9.17) is 31.2 Å². The van der Waals surface area contributed by atoms with E-state index in [0.29, 0.717) is 48.3 Å². The van der Waals surface area contributed by atoms with Crippen molar-refractivity contribution in [2.24, 2.45) is 5.10 Å². The Bertz CT molecular complexity index is 1350. The summed E-state index contributed by atoms with van der Waals surface area (Å²) < 4.78 is 22.1. The number of hydrogen-bond donors (Lipinski definition) is 3. The first-order valence-electron chi connectivity index (χ1n) is 11.7. The zero-order chi connectivity index (χ0) is 28.5. The molecule has 206 valence electrons. The minimum atomic E-state index is -0.637. The molecule has 13 heteroatoms. The molecule has 0 saturated heterocycles. The molecule has 0 unspecified atom stereocenters. The lowest BCUT2D eigenvalue weighted by Crippen LogP contribution is -2.45. The maximum Gasteiger partial charge on any atom is 0.338 e. The Morgan fingerprint density at radius 2 is 1.95 bits per heavy atom. The Morgan fingerprint density at radius 1 is 1.21 bits per heavy atom. The number of nitrogens with one attached hydrogen (secondary N) is 3. The zero-order valence-electron chi connectivity index (χ0n) is 21.6. The van der Waals surface area contributed by atoms with Crippen molar-refractivity contribution < 1.29 is 33.3 Å². The van der Waals surface area contributed by atoms with Crippen LogP contribution < -0.4 is 30.3 Å². The summed E-state index contributed by atoms with van der Waals surface area (Å²) in [7, 11) is 1.45. The lowest BCUT2D eigenvalue weighted by molar-refractivity contribution is -0.139. The second kappa shape index (κ2) is 13.9. The van der Waals surface area contributed by atoms with Crippen molar-refractivity contribution in [1.82, 2.24) is 16.1 Å². The normalized spacial score (nSPS) is 14.8. The molecule has 3 N–H and O–H groups in total. The van der Waals surface area contributed by atoms with Crippen LogP contribution in [0.5, 0.6) is 17.2 Å². The maximum absolute atomic E-state index is 12.7. The second-order valence-electron chi connectivity index (χ2n) is 8.04. The molecule has 1 amide bonds. The van der Waals surface area contributed by atoms with Crippen LogP contribution in [0.2, 0.25) is 0 Å². The van der Waals surface area contributed by atoms with Gasteiger partial charge in [-0.05, 0) is 72.4 Å². The predicted octanol–water partition coefficient (Wildman–Crippen LogP) is 3.11. The summed E-state index contributed by atoms with van der Waals surface area (Å²) in [5, 5.41) is 10.3. The molecule has 0 radical (unpaired) electrons. The zero-order valence-corrected chi connectivity index (χ0v) is 24.6. The topological polar surface area (TPSA) is 137 Å². The van der Waals surface area contributed by atoms with Gasteiger partial charge >= 0.3 is 11.9 Å². The molecule has 2 aromatic rings. The van der Waals surface area contributed by atoms with Crippen molar-refractivity contribution in [2.75, 3.05) is 20.3 Å². The molecule has 2 aromatic carbocycles. The number of benzene rings is 2. The Hall–Kier alpha value is -3.72. The number of ether oxygens (including phenoxy) is 4. The summed E-state index contributed by atoms with van der Waals surface area (Å²) in [6.45, 7) is 4.64. The smallest absolute Gasteiger partial charge is 0.338 e. The number of esters is 2. The Kier molecular flexibility index (Phi) is 10.6. The third kappa shape index (κ3) is 7.89. The highest BCUT2D eigenvalue weighted by molar-refractivity contribution is 14.1. The van der Waals surface area contributed by atoms with Gasteiger partial charge in [-0.15, -0.1) is 0 Å². The van der Waals surface area contributed by atoms with Gasteiger partial charge in [0.1, 0.15) is 5.75 Å². The highest BCUT2D eigenvalue weighted by Gasteiger charge is 2.32. The van der Waals surface area contributed by atoms with Gasteiger partial charge in [0.05, 0.1) is 35.1 Å². The van der Waals surface area contributed by atoms with Gasteiger partial charge in [0.25, 0.3) is 5.91 Å². The number of para-hydroxylation sites is 1. The summed E-state index contributed by atoms with van der Waals surface area (Å²) in [5.74, 6) is -0.430. The number of hydrazone groups is 1. The van der Waals surface area contributed by atoms with Crippen molar-refractivity contribution in [2.45, 2.75) is 26.8 Å². The fraction of sp³-hybridized carbons (Fsp3) is 0.269. The molecule has 0 bridgehead atoms. The number of carbonyl (C=O) groups excluding carboxylic acids is 3. The molecule has 0 fully saturated rings. The minimum Gasteiger partial charge on any atom is -0.493 e. The van der Waals surface area contributed by atoms with Gasteiger partial charge in [0.15, 0.2) is 23.2 Å². The van der Waals surface area contributed by atoms with Crippen LogP contribution in [0.3, 0.4) is 0 Å². The van der Waals surface area contributed by atoms with Crippen LogP contribution in [0.15, 0.2) is 52.8 Å². The summed E-state index contributed by atoms with van der Waals surface area (Å²) in [5.41, 5.74) is 4.55. The molecule has 1 heterocycles.